The van der Waals surface area contributed by atoms with E-state index < -0.39 is 6.10 Å². The van der Waals surface area contributed by atoms with Crippen molar-refractivity contribution in [2.24, 2.45) is 0 Å². The summed E-state index contributed by atoms with van der Waals surface area (Å²) in [6.45, 7) is 4.06. The lowest BCUT2D eigenvalue weighted by molar-refractivity contribution is -0.117. The Morgan fingerprint density at radius 1 is 0.950 bits per heavy atom. The molecule has 1 aliphatic rings. The van der Waals surface area contributed by atoms with Gasteiger partial charge in [0.15, 0.2) is 5.58 Å². The average molecular weight is 538 g/mol. The fourth-order valence-electron chi connectivity index (χ4n) is 4.92. The maximum Gasteiger partial charge on any atom is 0.238 e. The molecule has 9 nitrogen and oxygen atoms in total. The molecular weight excluding hydrogens is 506 g/mol. The number of oxazole rings is 1. The monoisotopic (exact) mass is 537 g/mol. The molecule has 1 amide bonds. The van der Waals surface area contributed by atoms with Crippen LogP contribution in [-0.4, -0.2) is 82.8 Å². The van der Waals surface area contributed by atoms with Crippen molar-refractivity contribution in [3.63, 3.8) is 0 Å². The van der Waals surface area contributed by atoms with Gasteiger partial charge in [0.25, 0.3) is 0 Å². The van der Waals surface area contributed by atoms with Crippen molar-refractivity contribution < 1.29 is 19.1 Å². The molecule has 1 aliphatic heterocycles. The smallest absolute Gasteiger partial charge is 0.238 e. The van der Waals surface area contributed by atoms with E-state index in [9.17, 15) is 9.90 Å². The highest BCUT2D eigenvalue weighted by atomic mass is 16.5. The number of rotatable bonds is 9. The summed E-state index contributed by atoms with van der Waals surface area (Å²) in [5.74, 6) is 1.14. The summed E-state index contributed by atoms with van der Waals surface area (Å²) in [6, 6.07) is 25.0. The van der Waals surface area contributed by atoms with Gasteiger partial charge < -0.3 is 19.6 Å². The van der Waals surface area contributed by atoms with Crippen molar-refractivity contribution in [3.8, 4) is 17.2 Å². The lowest BCUT2D eigenvalue weighted by atomic mass is 10.2. The topological polar surface area (TPSA) is 104 Å². The largest absolute Gasteiger partial charge is 0.491 e. The zero-order chi connectivity index (χ0) is 27.3. The molecule has 1 atom stereocenters. The molecule has 6 rings (SSSR count). The zero-order valence-electron chi connectivity index (χ0n) is 22.1. The first kappa shape index (κ1) is 25.9. The molecule has 0 aliphatic carbocycles. The number of para-hydroxylation sites is 1. The Kier molecular flexibility index (Phi) is 7.67. The second-order valence-electron chi connectivity index (χ2n) is 10.0. The van der Waals surface area contributed by atoms with Crippen molar-refractivity contribution in [1.82, 2.24) is 19.8 Å². The molecule has 3 heterocycles. The van der Waals surface area contributed by atoms with Gasteiger partial charge in [-0.2, -0.15) is 0 Å². The highest BCUT2D eigenvalue weighted by molar-refractivity contribution is 5.94. The molecule has 0 radical (unpaired) electrons. The van der Waals surface area contributed by atoms with Gasteiger partial charge >= 0.3 is 0 Å². The van der Waals surface area contributed by atoms with Crippen molar-refractivity contribution in [2.45, 2.75) is 6.10 Å². The van der Waals surface area contributed by atoms with Crippen LogP contribution in [0.4, 0.5) is 5.69 Å². The first-order chi connectivity index (χ1) is 19.6. The Labute approximate surface area is 232 Å². The van der Waals surface area contributed by atoms with Crippen LogP contribution >= 0.6 is 0 Å². The number of pyridine rings is 1. The Morgan fingerprint density at radius 3 is 2.58 bits per heavy atom. The molecule has 204 valence electrons. The number of carbonyl (C=O) groups excluding carboxylic acids is 1. The van der Waals surface area contributed by atoms with E-state index in [4.69, 9.17) is 9.15 Å². The van der Waals surface area contributed by atoms with Crippen LogP contribution in [0.25, 0.3) is 33.5 Å². The Bertz CT molecular complexity index is 1600. The number of nitrogens with zero attached hydrogens (tertiary/aromatic N) is 4. The van der Waals surface area contributed by atoms with E-state index in [2.05, 4.69) is 25.1 Å². The van der Waals surface area contributed by atoms with Crippen LogP contribution in [0, 0.1) is 0 Å². The number of aromatic nitrogens is 2. The predicted octanol–water partition coefficient (Wildman–Crippen LogP) is 4.04. The van der Waals surface area contributed by atoms with E-state index in [0.29, 0.717) is 41.5 Å². The van der Waals surface area contributed by atoms with E-state index in [-0.39, 0.29) is 12.5 Å². The molecule has 40 heavy (non-hydrogen) atoms. The minimum absolute atomic E-state index is 0.0565. The quantitative estimate of drug-likeness (QED) is 0.290. The van der Waals surface area contributed by atoms with Crippen LogP contribution in [0.1, 0.15) is 0 Å². The normalized spacial score (nSPS) is 15.3. The van der Waals surface area contributed by atoms with Crippen molar-refractivity contribution >= 4 is 33.6 Å². The zero-order valence-corrected chi connectivity index (χ0v) is 22.1. The van der Waals surface area contributed by atoms with Crippen LogP contribution in [0.2, 0.25) is 0 Å². The number of amides is 1. The van der Waals surface area contributed by atoms with Crippen molar-refractivity contribution in [2.75, 3.05) is 51.2 Å². The highest BCUT2D eigenvalue weighted by Gasteiger charge is 2.21. The molecule has 5 aromatic rings. The Morgan fingerprint density at radius 2 is 1.73 bits per heavy atom. The molecule has 2 N–H and O–H groups in total. The van der Waals surface area contributed by atoms with Crippen molar-refractivity contribution in [3.05, 3.63) is 85.1 Å². The molecule has 0 unspecified atom stereocenters. The SMILES string of the molecule is O=C(CN1CCN(C[C@@H](O)COc2ccc3oc(-c4ccccc4)nc3c2)CC1)Nc1cnc2ccccc2c1. The van der Waals surface area contributed by atoms with Gasteiger partial charge in [-0.3, -0.25) is 19.6 Å². The first-order valence-electron chi connectivity index (χ1n) is 13.5. The van der Waals surface area contributed by atoms with Crippen LogP contribution in [-0.2, 0) is 4.79 Å². The fraction of sp³-hybridized carbons (Fsp3) is 0.258. The van der Waals surface area contributed by atoms with Crippen LogP contribution in [0.3, 0.4) is 0 Å². The summed E-state index contributed by atoms with van der Waals surface area (Å²) in [6.07, 6.45) is 1.05. The first-order valence-corrected chi connectivity index (χ1v) is 13.5. The number of nitrogens with one attached hydrogen (secondary N) is 1. The Balaban J connectivity index is 0.937. The van der Waals surface area contributed by atoms with Gasteiger partial charge in [-0.25, -0.2) is 4.98 Å². The second kappa shape index (κ2) is 11.8. The average Bonchev–Trinajstić information content (AvgIpc) is 3.41. The molecule has 1 fully saturated rings. The highest BCUT2D eigenvalue weighted by Crippen LogP contribution is 2.27. The Hall–Kier alpha value is -4.31. The van der Waals surface area contributed by atoms with Crippen LogP contribution < -0.4 is 10.1 Å². The maximum absolute atomic E-state index is 12.6. The summed E-state index contributed by atoms with van der Waals surface area (Å²) >= 11 is 0. The molecule has 2 aromatic heterocycles. The number of ether oxygens (including phenoxy) is 1. The third kappa shape index (κ3) is 6.28. The number of aliphatic hydroxyl groups excluding tert-OH is 1. The minimum Gasteiger partial charge on any atom is -0.491 e. The third-order valence-corrected chi connectivity index (χ3v) is 7.00. The lowest BCUT2D eigenvalue weighted by Gasteiger charge is -2.35. The number of anilines is 1. The summed E-state index contributed by atoms with van der Waals surface area (Å²) < 4.78 is 11.7. The van der Waals surface area contributed by atoms with Crippen LogP contribution in [0.15, 0.2) is 89.5 Å². The van der Waals surface area contributed by atoms with Gasteiger partial charge in [0.2, 0.25) is 11.8 Å². The van der Waals surface area contributed by atoms with Gasteiger partial charge in [-0.05, 0) is 36.4 Å². The number of fused-ring (bicyclic) bond motifs is 2. The standard InChI is InChI=1S/C31H31N5O4/c37-25(21-39-26-10-11-29-28(17-26)34-31(40-29)22-6-2-1-3-7-22)19-35-12-14-36(15-13-35)20-30(38)33-24-16-23-8-4-5-9-27(23)32-18-24/h1-11,16-18,25,37H,12-15,19-21H2,(H,33,38)/t25-/m1/s1. The van der Waals surface area contributed by atoms with E-state index >= 15 is 0 Å². The third-order valence-electron chi connectivity index (χ3n) is 7.00. The molecule has 9 heteroatoms. The number of hydrogen-bond donors (Lipinski definition) is 2. The van der Waals surface area contributed by atoms with E-state index in [1.807, 2.05) is 78.9 Å². The number of benzene rings is 3. The molecule has 0 saturated carbocycles. The van der Waals surface area contributed by atoms with Gasteiger partial charge in [0, 0.05) is 49.7 Å². The second-order valence-corrected chi connectivity index (χ2v) is 10.0. The van der Waals surface area contributed by atoms with Gasteiger partial charge in [0.05, 0.1) is 23.9 Å². The van der Waals surface area contributed by atoms with E-state index in [0.717, 1.165) is 42.6 Å². The molecule has 3 aromatic carbocycles. The summed E-state index contributed by atoms with van der Waals surface area (Å²) in [4.78, 5) is 25.9. The van der Waals surface area contributed by atoms with Crippen molar-refractivity contribution in [1.29, 1.82) is 0 Å². The van der Waals surface area contributed by atoms with Gasteiger partial charge in [-0.15, -0.1) is 0 Å². The van der Waals surface area contributed by atoms with Gasteiger partial charge in [0.1, 0.15) is 24.0 Å². The fourth-order valence-corrected chi connectivity index (χ4v) is 4.92. The van der Waals surface area contributed by atoms with Crippen LogP contribution in [0.5, 0.6) is 5.75 Å². The number of hydrogen-bond acceptors (Lipinski definition) is 8. The summed E-state index contributed by atoms with van der Waals surface area (Å²) in [5.41, 5.74) is 3.91. The lowest BCUT2D eigenvalue weighted by Crippen LogP contribution is -2.50. The van der Waals surface area contributed by atoms with Gasteiger partial charge in [-0.1, -0.05) is 36.4 Å². The number of aliphatic hydroxyl groups is 1. The molecule has 0 spiro atoms. The van der Waals surface area contributed by atoms with E-state index in [1.165, 1.54) is 0 Å². The number of piperazine rings is 1. The number of β-amino-alcohol motifs (C(OH)–C–C–N with tert-alkyl or cyclic N) is 1. The predicted molar refractivity (Wildman–Crippen MR) is 154 cm³/mol. The molecule has 1 saturated heterocycles. The number of carbonyl (C=O) groups is 1. The summed E-state index contributed by atoms with van der Waals surface area (Å²) in [5, 5.41) is 14.5. The molecular formula is C31H31N5O4. The summed E-state index contributed by atoms with van der Waals surface area (Å²) in [7, 11) is 0. The minimum atomic E-state index is -0.636. The molecule has 0 bridgehead atoms. The maximum atomic E-state index is 12.6. The van der Waals surface area contributed by atoms with E-state index in [1.54, 1.807) is 6.20 Å².